The SMILES string of the molecule is CC(C)(N)CC(=O)Nc1cccc(-n2ccnc2)c1. The molecule has 19 heavy (non-hydrogen) atoms. The van der Waals surface area contributed by atoms with E-state index in [9.17, 15) is 4.79 Å². The molecule has 0 spiro atoms. The number of carbonyl (C=O) groups is 1. The first kappa shape index (κ1) is 13.3. The predicted octanol–water partition coefficient (Wildman–Crippen LogP) is 1.94. The highest BCUT2D eigenvalue weighted by Crippen LogP contribution is 2.15. The van der Waals surface area contributed by atoms with Crippen molar-refractivity contribution in [3.8, 4) is 5.69 Å². The number of hydrogen-bond acceptors (Lipinski definition) is 3. The van der Waals surface area contributed by atoms with E-state index in [0.717, 1.165) is 11.4 Å². The number of aromatic nitrogens is 2. The van der Waals surface area contributed by atoms with Crippen molar-refractivity contribution in [2.24, 2.45) is 5.73 Å². The largest absolute Gasteiger partial charge is 0.326 e. The highest BCUT2D eigenvalue weighted by atomic mass is 16.1. The van der Waals surface area contributed by atoms with Crippen LogP contribution in [0.5, 0.6) is 0 Å². The van der Waals surface area contributed by atoms with E-state index in [1.54, 1.807) is 12.5 Å². The highest BCUT2D eigenvalue weighted by Gasteiger charge is 2.16. The fourth-order valence-corrected chi connectivity index (χ4v) is 1.78. The third kappa shape index (κ3) is 3.93. The van der Waals surface area contributed by atoms with Crippen molar-refractivity contribution >= 4 is 11.6 Å². The minimum absolute atomic E-state index is 0.0877. The van der Waals surface area contributed by atoms with E-state index < -0.39 is 5.54 Å². The van der Waals surface area contributed by atoms with Crippen LogP contribution in [0.3, 0.4) is 0 Å². The summed E-state index contributed by atoms with van der Waals surface area (Å²) in [5.41, 5.74) is 7.01. The third-order valence-corrected chi connectivity index (χ3v) is 2.55. The summed E-state index contributed by atoms with van der Waals surface area (Å²) in [6, 6.07) is 7.58. The Kier molecular flexibility index (Phi) is 3.66. The number of nitrogens with two attached hydrogens (primary N) is 1. The van der Waals surface area contributed by atoms with Crippen molar-refractivity contribution in [1.29, 1.82) is 0 Å². The van der Waals surface area contributed by atoms with Crippen molar-refractivity contribution < 1.29 is 4.79 Å². The van der Waals surface area contributed by atoms with E-state index in [4.69, 9.17) is 5.73 Å². The molecular weight excluding hydrogens is 240 g/mol. The van der Waals surface area contributed by atoms with E-state index in [1.807, 2.05) is 48.9 Å². The Morgan fingerprint density at radius 1 is 1.47 bits per heavy atom. The molecule has 0 unspecified atom stereocenters. The average molecular weight is 258 g/mol. The first-order valence-electron chi connectivity index (χ1n) is 6.11. The quantitative estimate of drug-likeness (QED) is 0.880. The second-order valence-electron chi connectivity index (χ2n) is 5.23. The van der Waals surface area contributed by atoms with Gasteiger partial charge in [0.25, 0.3) is 0 Å². The molecule has 1 amide bonds. The Balaban J connectivity index is 2.10. The lowest BCUT2D eigenvalue weighted by Crippen LogP contribution is -2.36. The van der Waals surface area contributed by atoms with Crippen LogP contribution >= 0.6 is 0 Å². The maximum atomic E-state index is 11.8. The van der Waals surface area contributed by atoms with Crippen molar-refractivity contribution in [2.45, 2.75) is 25.8 Å². The van der Waals surface area contributed by atoms with Gasteiger partial charge >= 0.3 is 0 Å². The standard InChI is InChI=1S/C14H18N4O/c1-14(2,15)9-13(19)17-11-4-3-5-12(8-11)18-7-6-16-10-18/h3-8,10H,9,15H2,1-2H3,(H,17,19). The van der Waals surface area contributed by atoms with E-state index in [1.165, 1.54) is 0 Å². The van der Waals surface area contributed by atoms with Gasteiger partial charge in [-0.1, -0.05) is 6.07 Å². The van der Waals surface area contributed by atoms with E-state index in [0.29, 0.717) is 0 Å². The number of benzene rings is 1. The summed E-state index contributed by atoms with van der Waals surface area (Å²) in [5.74, 6) is -0.0877. The van der Waals surface area contributed by atoms with Gasteiger partial charge < -0.3 is 15.6 Å². The number of imidazole rings is 1. The highest BCUT2D eigenvalue weighted by molar-refractivity contribution is 5.91. The smallest absolute Gasteiger partial charge is 0.226 e. The van der Waals surface area contributed by atoms with Gasteiger partial charge in [0.2, 0.25) is 5.91 Å². The number of hydrogen-bond donors (Lipinski definition) is 2. The number of rotatable bonds is 4. The van der Waals surface area contributed by atoms with Crippen LogP contribution < -0.4 is 11.1 Å². The van der Waals surface area contributed by atoms with Crippen molar-refractivity contribution in [3.05, 3.63) is 43.0 Å². The average Bonchev–Trinajstić information content (AvgIpc) is 2.79. The zero-order chi connectivity index (χ0) is 13.9. The molecule has 0 saturated carbocycles. The van der Waals surface area contributed by atoms with Gasteiger partial charge in [-0.15, -0.1) is 0 Å². The molecule has 0 bridgehead atoms. The Morgan fingerprint density at radius 3 is 2.89 bits per heavy atom. The first-order chi connectivity index (χ1) is 8.94. The van der Waals surface area contributed by atoms with Gasteiger partial charge in [0, 0.05) is 35.7 Å². The molecule has 0 saturated heterocycles. The van der Waals surface area contributed by atoms with Crippen LogP contribution in [0.1, 0.15) is 20.3 Å². The van der Waals surface area contributed by atoms with Gasteiger partial charge in [-0.25, -0.2) is 4.98 Å². The van der Waals surface area contributed by atoms with Gasteiger partial charge in [-0.05, 0) is 32.0 Å². The third-order valence-electron chi connectivity index (χ3n) is 2.55. The lowest BCUT2D eigenvalue weighted by atomic mass is 10.0. The summed E-state index contributed by atoms with van der Waals surface area (Å²) in [6.07, 6.45) is 5.55. The summed E-state index contributed by atoms with van der Waals surface area (Å²) >= 11 is 0. The molecule has 1 aromatic heterocycles. The molecular formula is C14H18N4O. The van der Waals surface area contributed by atoms with Gasteiger partial charge in [-0.2, -0.15) is 0 Å². The van der Waals surface area contributed by atoms with Crippen molar-refractivity contribution in [1.82, 2.24) is 9.55 Å². The normalized spacial score (nSPS) is 11.3. The molecule has 0 aliphatic carbocycles. The van der Waals surface area contributed by atoms with Gasteiger partial charge in [0.15, 0.2) is 0 Å². The van der Waals surface area contributed by atoms with Crippen molar-refractivity contribution in [2.75, 3.05) is 5.32 Å². The van der Waals surface area contributed by atoms with Gasteiger partial charge in [0.05, 0.1) is 6.33 Å². The monoisotopic (exact) mass is 258 g/mol. The molecule has 0 fully saturated rings. The van der Waals surface area contributed by atoms with E-state index in [2.05, 4.69) is 10.3 Å². The molecule has 0 aliphatic heterocycles. The molecule has 2 aromatic rings. The van der Waals surface area contributed by atoms with E-state index >= 15 is 0 Å². The maximum absolute atomic E-state index is 11.8. The summed E-state index contributed by atoms with van der Waals surface area (Å²) < 4.78 is 1.88. The molecule has 2 rings (SSSR count). The molecule has 0 aliphatic rings. The number of carbonyl (C=O) groups excluding carboxylic acids is 1. The Hall–Kier alpha value is -2.14. The summed E-state index contributed by atoms with van der Waals surface area (Å²) in [5, 5.41) is 2.85. The Labute approximate surface area is 112 Å². The number of anilines is 1. The molecule has 3 N–H and O–H groups in total. The Morgan fingerprint density at radius 2 is 2.26 bits per heavy atom. The number of nitrogens with zero attached hydrogens (tertiary/aromatic N) is 2. The van der Waals surface area contributed by atoms with Gasteiger partial charge in [-0.3, -0.25) is 4.79 Å². The fourth-order valence-electron chi connectivity index (χ4n) is 1.78. The topological polar surface area (TPSA) is 72.9 Å². The first-order valence-corrected chi connectivity index (χ1v) is 6.11. The van der Waals surface area contributed by atoms with Crippen LogP contribution in [0.2, 0.25) is 0 Å². The lowest BCUT2D eigenvalue weighted by Gasteiger charge is -2.17. The molecule has 5 heteroatoms. The molecule has 100 valence electrons. The molecule has 0 radical (unpaired) electrons. The van der Waals surface area contributed by atoms with Gasteiger partial charge in [0.1, 0.15) is 0 Å². The fraction of sp³-hybridized carbons (Fsp3) is 0.286. The number of nitrogens with one attached hydrogen (secondary N) is 1. The Bertz CT molecular complexity index is 555. The lowest BCUT2D eigenvalue weighted by molar-refractivity contribution is -0.117. The van der Waals surface area contributed by atoms with Crippen molar-refractivity contribution in [3.63, 3.8) is 0 Å². The molecule has 0 atom stereocenters. The zero-order valence-corrected chi connectivity index (χ0v) is 11.1. The second-order valence-corrected chi connectivity index (χ2v) is 5.23. The van der Waals surface area contributed by atoms with E-state index in [-0.39, 0.29) is 12.3 Å². The van der Waals surface area contributed by atoms with Crippen LogP contribution in [-0.2, 0) is 4.79 Å². The van der Waals surface area contributed by atoms with Crippen LogP contribution in [0.25, 0.3) is 5.69 Å². The second kappa shape index (κ2) is 5.24. The number of amides is 1. The molecule has 1 aromatic carbocycles. The zero-order valence-electron chi connectivity index (χ0n) is 11.1. The van der Waals surface area contributed by atoms with Crippen LogP contribution in [0.15, 0.2) is 43.0 Å². The predicted molar refractivity (Wildman–Crippen MR) is 75.1 cm³/mol. The minimum atomic E-state index is -0.508. The molecule has 5 nitrogen and oxygen atoms in total. The summed E-state index contributed by atoms with van der Waals surface area (Å²) in [7, 11) is 0. The molecule has 1 heterocycles. The van der Waals surface area contributed by atoms with Crippen LogP contribution in [0, 0.1) is 0 Å². The van der Waals surface area contributed by atoms with Crippen LogP contribution in [-0.4, -0.2) is 21.0 Å². The van der Waals surface area contributed by atoms with Crippen LogP contribution in [0.4, 0.5) is 5.69 Å². The maximum Gasteiger partial charge on any atom is 0.226 e. The summed E-state index contributed by atoms with van der Waals surface area (Å²) in [4.78, 5) is 15.8. The minimum Gasteiger partial charge on any atom is -0.326 e. The summed E-state index contributed by atoms with van der Waals surface area (Å²) in [6.45, 7) is 3.66.